The van der Waals surface area contributed by atoms with Crippen LogP contribution in [0.5, 0.6) is 0 Å². The van der Waals surface area contributed by atoms with Gasteiger partial charge in [0.25, 0.3) is 0 Å². The van der Waals surface area contributed by atoms with Crippen LogP contribution in [0.3, 0.4) is 0 Å². The summed E-state index contributed by atoms with van der Waals surface area (Å²) >= 11 is 5.71. The molecule has 0 saturated carbocycles. The summed E-state index contributed by atoms with van der Waals surface area (Å²) in [6.07, 6.45) is -0.270. The van der Waals surface area contributed by atoms with Gasteiger partial charge in [0.2, 0.25) is 0 Å². The van der Waals surface area contributed by atoms with Gasteiger partial charge in [-0.05, 0) is 31.2 Å². The molecule has 1 rings (SSSR count). The molecule has 1 aromatic rings. The number of hydrogen-bond donors (Lipinski definition) is 0. The number of ketones is 1. The summed E-state index contributed by atoms with van der Waals surface area (Å²) in [4.78, 5) is 22.3. The number of Topliss-reactive ketones (excluding diaryl/α,β-unsaturated/α-hetero) is 1. The maximum atomic E-state index is 11.3. The lowest BCUT2D eigenvalue weighted by atomic mass is 10.3. The van der Waals surface area contributed by atoms with Crippen molar-refractivity contribution in [1.82, 2.24) is 0 Å². The zero-order valence-electron chi connectivity index (χ0n) is 9.93. The highest BCUT2D eigenvalue weighted by molar-refractivity contribution is 6.30. The van der Waals surface area contributed by atoms with Crippen molar-refractivity contribution in [2.45, 2.75) is 13.3 Å². The average Bonchev–Trinajstić information content (AvgIpc) is 2.32. The Kier molecular flexibility index (Phi) is 6.00. The standard InChI is InChI=1S/C12H13ClN2O3/c1-2-18-12(17)7-11(16)8-14-15-10-5-3-9(13)4-6-10/h3-6H,2,7-8H2,1H3. The molecule has 0 N–H and O–H groups in total. The molecule has 0 saturated heterocycles. The number of carbonyl (C=O) groups is 2. The zero-order chi connectivity index (χ0) is 13.4. The van der Waals surface area contributed by atoms with Gasteiger partial charge in [-0.15, -0.1) is 0 Å². The van der Waals surface area contributed by atoms with E-state index in [9.17, 15) is 9.59 Å². The topological polar surface area (TPSA) is 68.1 Å². The van der Waals surface area contributed by atoms with E-state index in [-0.39, 0.29) is 25.4 Å². The normalized spacial score (nSPS) is 10.6. The molecule has 0 aliphatic carbocycles. The molecular formula is C12H13ClN2O3. The number of ether oxygens (including phenoxy) is 1. The average molecular weight is 269 g/mol. The van der Waals surface area contributed by atoms with Crippen LogP contribution in [0.1, 0.15) is 13.3 Å². The van der Waals surface area contributed by atoms with Gasteiger partial charge in [-0.3, -0.25) is 9.59 Å². The van der Waals surface area contributed by atoms with Crippen molar-refractivity contribution < 1.29 is 14.3 Å². The maximum absolute atomic E-state index is 11.3. The lowest BCUT2D eigenvalue weighted by Crippen LogP contribution is -2.12. The smallest absolute Gasteiger partial charge is 0.313 e. The second kappa shape index (κ2) is 7.55. The van der Waals surface area contributed by atoms with Crippen molar-refractivity contribution in [1.29, 1.82) is 0 Å². The molecule has 0 aromatic heterocycles. The molecule has 96 valence electrons. The van der Waals surface area contributed by atoms with E-state index < -0.39 is 5.97 Å². The third-order valence-electron chi connectivity index (χ3n) is 1.91. The fraction of sp³-hybridized carbons (Fsp3) is 0.333. The Bertz CT molecular complexity index is 443. The first-order valence-corrected chi connectivity index (χ1v) is 5.80. The van der Waals surface area contributed by atoms with Crippen molar-refractivity contribution in [2.24, 2.45) is 10.2 Å². The zero-order valence-corrected chi connectivity index (χ0v) is 10.7. The van der Waals surface area contributed by atoms with Crippen molar-refractivity contribution in [3.05, 3.63) is 29.3 Å². The van der Waals surface area contributed by atoms with E-state index >= 15 is 0 Å². The van der Waals surface area contributed by atoms with Gasteiger partial charge in [0.1, 0.15) is 13.0 Å². The Hall–Kier alpha value is -1.75. The Labute approximate surface area is 110 Å². The van der Waals surface area contributed by atoms with E-state index in [1.54, 1.807) is 31.2 Å². The number of hydrogen-bond acceptors (Lipinski definition) is 5. The molecule has 0 radical (unpaired) electrons. The fourth-order valence-corrected chi connectivity index (χ4v) is 1.26. The van der Waals surface area contributed by atoms with Crippen LogP contribution in [0, 0.1) is 0 Å². The predicted molar refractivity (Wildman–Crippen MR) is 67.1 cm³/mol. The van der Waals surface area contributed by atoms with Gasteiger partial charge >= 0.3 is 5.97 Å². The van der Waals surface area contributed by atoms with E-state index in [1.807, 2.05) is 0 Å². The van der Waals surface area contributed by atoms with Crippen LogP contribution in [0.2, 0.25) is 5.02 Å². The molecule has 0 bridgehead atoms. The van der Waals surface area contributed by atoms with Crippen LogP contribution in [0.25, 0.3) is 0 Å². The third kappa shape index (κ3) is 5.54. The molecule has 6 heteroatoms. The van der Waals surface area contributed by atoms with E-state index in [2.05, 4.69) is 15.0 Å². The summed E-state index contributed by atoms with van der Waals surface area (Å²) in [6, 6.07) is 6.72. The monoisotopic (exact) mass is 268 g/mol. The molecule has 0 spiro atoms. The summed E-state index contributed by atoms with van der Waals surface area (Å²) in [5, 5.41) is 8.15. The van der Waals surface area contributed by atoms with Crippen LogP contribution in [-0.2, 0) is 14.3 Å². The second-order valence-electron chi connectivity index (χ2n) is 3.40. The number of rotatable bonds is 6. The van der Waals surface area contributed by atoms with Gasteiger partial charge in [0.15, 0.2) is 5.78 Å². The molecule has 5 nitrogen and oxygen atoms in total. The molecule has 0 aliphatic rings. The first-order chi connectivity index (χ1) is 8.61. The summed E-state index contributed by atoms with van der Waals surface area (Å²) in [5.74, 6) is -0.865. The van der Waals surface area contributed by atoms with Crippen molar-refractivity contribution in [2.75, 3.05) is 13.2 Å². The highest BCUT2D eigenvalue weighted by Gasteiger charge is 2.09. The number of esters is 1. The Morgan fingerprint density at radius 3 is 2.56 bits per heavy atom. The summed E-state index contributed by atoms with van der Waals surface area (Å²) in [5.41, 5.74) is 0.600. The number of nitrogens with zero attached hydrogens (tertiary/aromatic N) is 2. The molecule has 0 amide bonds. The van der Waals surface area contributed by atoms with Gasteiger partial charge in [0.05, 0.1) is 12.3 Å². The molecule has 0 fully saturated rings. The van der Waals surface area contributed by atoms with E-state index in [1.165, 1.54) is 0 Å². The minimum absolute atomic E-state index is 0.137. The maximum Gasteiger partial charge on any atom is 0.313 e. The number of azo groups is 1. The third-order valence-corrected chi connectivity index (χ3v) is 2.16. The SMILES string of the molecule is CCOC(=O)CC(=O)CN=Nc1ccc(Cl)cc1. The Balaban J connectivity index is 2.38. The first-order valence-electron chi connectivity index (χ1n) is 5.42. The highest BCUT2D eigenvalue weighted by Crippen LogP contribution is 2.16. The molecule has 0 heterocycles. The van der Waals surface area contributed by atoms with Crippen LogP contribution in [0.4, 0.5) is 5.69 Å². The van der Waals surface area contributed by atoms with Gasteiger partial charge in [0, 0.05) is 5.02 Å². The van der Waals surface area contributed by atoms with Gasteiger partial charge in [-0.25, -0.2) is 0 Å². The van der Waals surface area contributed by atoms with Crippen LogP contribution in [0.15, 0.2) is 34.5 Å². The summed E-state index contributed by atoms with van der Waals surface area (Å²) in [7, 11) is 0. The van der Waals surface area contributed by atoms with E-state index in [0.29, 0.717) is 10.7 Å². The molecule has 0 aliphatic heterocycles. The fourth-order valence-electron chi connectivity index (χ4n) is 1.13. The predicted octanol–water partition coefficient (Wildman–Crippen LogP) is 2.95. The number of carbonyl (C=O) groups excluding carboxylic acids is 2. The second-order valence-corrected chi connectivity index (χ2v) is 3.83. The highest BCUT2D eigenvalue weighted by atomic mass is 35.5. The first kappa shape index (κ1) is 14.3. The Morgan fingerprint density at radius 1 is 1.28 bits per heavy atom. The van der Waals surface area contributed by atoms with Gasteiger partial charge in [-0.1, -0.05) is 11.6 Å². The van der Waals surface area contributed by atoms with Crippen LogP contribution < -0.4 is 0 Å². The quantitative estimate of drug-likeness (QED) is 0.452. The van der Waals surface area contributed by atoms with Gasteiger partial charge < -0.3 is 4.74 Å². The number of benzene rings is 1. The minimum atomic E-state index is -0.538. The van der Waals surface area contributed by atoms with Crippen LogP contribution in [-0.4, -0.2) is 24.9 Å². The van der Waals surface area contributed by atoms with E-state index in [0.717, 1.165) is 0 Å². The summed E-state index contributed by atoms with van der Waals surface area (Å²) in [6.45, 7) is 1.81. The lowest BCUT2D eigenvalue weighted by Gasteiger charge is -1.98. The summed E-state index contributed by atoms with van der Waals surface area (Å²) < 4.78 is 4.64. The van der Waals surface area contributed by atoms with Gasteiger partial charge in [-0.2, -0.15) is 10.2 Å². The Morgan fingerprint density at radius 2 is 1.94 bits per heavy atom. The molecule has 18 heavy (non-hydrogen) atoms. The van der Waals surface area contributed by atoms with Crippen LogP contribution >= 0.6 is 11.6 Å². The molecule has 0 atom stereocenters. The van der Waals surface area contributed by atoms with Crippen molar-refractivity contribution >= 4 is 29.0 Å². The molecule has 1 aromatic carbocycles. The molecule has 0 unspecified atom stereocenters. The van der Waals surface area contributed by atoms with Crippen molar-refractivity contribution in [3.63, 3.8) is 0 Å². The van der Waals surface area contributed by atoms with E-state index in [4.69, 9.17) is 11.6 Å². The van der Waals surface area contributed by atoms with Crippen molar-refractivity contribution in [3.8, 4) is 0 Å². The molecular weight excluding hydrogens is 256 g/mol. The number of halogens is 1. The lowest BCUT2D eigenvalue weighted by molar-refractivity contribution is -0.145. The largest absolute Gasteiger partial charge is 0.466 e. The minimum Gasteiger partial charge on any atom is -0.466 e.